The molecule has 3 rings (SSSR count). The maximum atomic E-state index is 13.6. The van der Waals surface area contributed by atoms with Crippen LogP contribution in [0.2, 0.25) is 0 Å². The second kappa shape index (κ2) is 8.53. The number of ether oxygens (including phenoxy) is 1. The van der Waals surface area contributed by atoms with Gasteiger partial charge in [-0.1, -0.05) is 6.07 Å². The predicted octanol–water partition coefficient (Wildman–Crippen LogP) is 3.15. The summed E-state index contributed by atoms with van der Waals surface area (Å²) in [4.78, 5) is 8.33. The standard InChI is InChI=1S/C20H27F3N6O/c1-19(2,3)30-15-7-5-13(16(9-15)20(21,22)23)10-25-18(24-4)28-14-6-8-17-26-12-27-29(17)11-14/h5,7,9,12,14H,6,8,10-11H2,1-4H3,(H2,24,25,28). The number of halogens is 3. The van der Waals surface area contributed by atoms with Gasteiger partial charge in [-0.3, -0.25) is 4.99 Å². The number of guanidine groups is 1. The van der Waals surface area contributed by atoms with Gasteiger partial charge < -0.3 is 15.4 Å². The van der Waals surface area contributed by atoms with Crippen LogP contribution < -0.4 is 15.4 Å². The van der Waals surface area contributed by atoms with Crippen molar-refractivity contribution in [2.75, 3.05) is 7.05 Å². The van der Waals surface area contributed by atoms with Crippen molar-refractivity contribution in [2.24, 2.45) is 4.99 Å². The molecular formula is C20H27F3N6O. The smallest absolute Gasteiger partial charge is 0.416 e. The predicted molar refractivity (Wildman–Crippen MR) is 107 cm³/mol. The first-order chi connectivity index (χ1) is 14.0. The van der Waals surface area contributed by atoms with E-state index >= 15 is 0 Å². The zero-order chi connectivity index (χ0) is 21.9. The Hall–Kier alpha value is -2.78. The highest BCUT2D eigenvalue weighted by Crippen LogP contribution is 2.35. The molecule has 30 heavy (non-hydrogen) atoms. The van der Waals surface area contributed by atoms with Crippen molar-refractivity contribution < 1.29 is 17.9 Å². The fraction of sp³-hybridized carbons (Fsp3) is 0.550. The fourth-order valence-electron chi connectivity index (χ4n) is 3.31. The summed E-state index contributed by atoms with van der Waals surface area (Å²) in [5, 5.41) is 10.4. The number of aromatic nitrogens is 3. The Bertz CT molecular complexity index is 901. The van der Waals surface area contributed by atoms with E-state index in [9.17, 15) is 13.2 Å². The Morgan fingerprint density at radius 2 is 2.07 bits per heavy atom. The van der Waals surface area contributed by atoms with Crippen molar-refractivity contribution >= 4 is 5.96 Å². The highest BCUT2D eigenvalue weighted by molar-refractivity contribution is 5.80. The maximum absolute atomic E-state index is 13.6. The summed E-state index contributed by atoms with van der Waals surface area (Å²) < 4.78 is 48.2. The number of nitrogens with zero attached hydrogens (tertiary/aromatic N) is 4. The van der Waals surface area contributed by atoms with Crippen LogP contribution in [0.1, 0.15) is 44.1 Å². The Labute approximate surface area is 173 Å². The van der Waals surface area contributed by atoms with E-state index < -0.39 is 17.3 Å². The molecule has 1 aliphatic heterocycles. The lowest BCUT2D eigenvalue weighted by Gasteiger charge is -2.26. The molecule has 2 aromatic rings. The minimum atomic E-state index is -4.49. The van der Waals surface area contributed by atoms with Gasteiger partial charge in [-0.15, -0.1) is 0 Å². The number of fused-ring (bicyclic) bond motifs is 1. The molecule has 164 valence electrons. The van der Waals surface area contributed by atoms with Crippen molar-refractivity contribution in [1.82, 2.24) is 25.4 Å². The summed E-state index contributed by atoms with van der Waals surface area (Å²) in [6, 6.07) is 4.11. The van der Waals surface area contributed by atoms with Gasteiger partial charge in [0.2, 0.25) is 0 Å². The van der Waals surface area contributed by atoms with Gasteiger partial charge in [-0.25, -0.2) is 9.67 Å². The van der Waals surface area contributed by atoms with Crippen molar-refractivity contribution in [3.8, 4) is 5.75 Å². The van der Waals surface area contributed by atoms with Crippen LogP contribution in [-0.4, -0.2) is 39.4 Å². The van der Waals surface area contributed by atoms with Gasteiger partial charge in [0.25, 0.3) is 0 Å². The number of alkyl halides is 3. The molecule has 1 unspecified atom stereocenters. The first kappa shape index (κ1) is 21.9. The second-order valence-corrected chi connectivity index (χ2v) is 8.20. The van der Waals surface area contributed by atoms with E-state index in [1.54, 1.807) is 33.9 Å². The Balaban J connectivity index is 1.67. The number of hydrogen-bond acceptors (Lipinski definition) is 4. The molecule has 0 aliphatic carbocycles. The van der Waals surface area contributed by atoms with Crippen LogP contribution in [0.25, 0.3) is 0 Å². The lowest BCUT2D eigenvalue weighted by atomic mass is 10.1. The molecule has 0 radical (unpaired) electrons. The summed E-state index contributed by atoms with van der Waals surface area (Å²) >= 11 is 0. The molecule has 10 heteroatoms. The molecule has 1 atom stereocenters. The molecule has 1 aliphatic rings. The maximum Gasteiger partial charge on any atom is 0.416 e. The van der Waals surface area contributed by atoms with Crippen molar-refractivity contribution in [2.45, 2.75) is 64.5 Å². The number of aryl methyl sites for hydroxylation is 1. The topological polar surface area (TPSA) is 76.4 Å². The van der Waals surface area contributed by atoms with Gasteiger partial charge in [0, 0.05) is 26.1 Å². The van der Waals surface area contributed by atoms with Crippen LogP contribution in [0.4, 0.5) is 13.2 Å². The van der Waals surface area contributed by atoms with Gasteiger partial charge in [0.05, 0.1) is 12.1 Å². The molecular weight excluding hydrogens is 397 g/mol. The van der Waals surface area contributed by atoms with E-state index in [-0.39, 0.29) is 23.9 Å². The number of rotatable bonds is 4. The van der Waals surface area contributed by atoms with Gasteiger partial charge in [-0.2, -0.15) is 18.3 Å². The summed E-state index contributed by atoms with van der Waals surface area (Å²) in [5.74, 6) is 1.56. The van der Waals surface area contributed by atoms with Crippen molar-refractivity contribution in [1.29, 1.82) is 0 Å². The summed E-state index contributed by atoms with van der Waals surface area (Å²) in [6.45, 7) is 5.98. The highest BCUT2D eigenvalue weighted by atomic mass is 19.4. The molecule has 0 spiro atoms. The monoisotopic (exact) mass is 424 g/mol. The van der Waals surface area contributed by atoms with Crippen molar-refractivity contribution in [3.63, 3.8) is 0 Å². The number of benzene rings is 1. The minimum absolute atomic E-state index is 0.0222. The van der Waals surface area contributed by atoms with Crippen LogP contribution in [0.15, 0.2) is 29.5 Å². The average Bonchev–Trinajstić information content (AvgIpc) is 3.11. The zero-order valence-corrected chi connectivity index (χ0v) is 17.5. The van der Waals surface area contributed by atoms with Crippen LogP contribution in [0, 0.1) is 0 Å². The van der Waals surface area contributed by atoms with Gasteiger partial charge >= 0.3 is 6.18 Å². The largest absolute Gasteiger partial charge is 0.488 e. The highest BCUT2D eigenvalue weighted by Gasteiger charge is 2.34. The lowest BCUT2D eigenvalue weighted by Crippen LogP contribution is -2.47. The van der Waals surface area contributed by atoms with Crippen molar-refractivity contribution in [3.05, 3.63) is 41.5 Å². The number of hydrogen-bond donors (Lipinski definition) is 2. The molecule has 0 bridgehead atoms. The third kappa shape index (κ3) is 5.64. The Kier molecular flexibility index (Phi) is 6.23. The first-order valence-corrected chi connectivity index (χ1v) is 9.78. The molecule has 2 heterocycles. The summed E-state index contributed by atoms with van der Waals surface area (Å²) in [7, 11) is 1.59. The normalized spacial score (nSPS) is 17.4. The van der Waals surface area contributed by atoms with E-state index in [4.69, 9.17) is 4.74 Å². The van der Waals surface area contributed by atoms with E-state index in [0.29, 0.717) is 12.5 Å². The molecule has 0 amide bonds. The quantitative estimate of drug-likeness (QED) is 0.583. The average molecular weight is 424 g/mol. The van der Waals surface area contributed by atoms with E-state index in [0.717, 1.165) is 24.7 Å². The third-order valence-corrected chi connectivity index (χ3v) is 4.63. The van der Waals surface area contributed by atoms with Crippen LogP contribution in [0.5, 0.6) is 5.75 Å². The molecule has 0 fully saturated rings. The van der Waals surface area contributed by atoms with Crippen LogP contribution in [0.3, 0.4) is 0 Å². The Morgan fingerprint density at radius 3 is 2.73 bits per heavy atom. The molecule has 7 nitrogen and oxygen atoms in total. The van der Waals surface area contributed by atoms with Gasteiger partial charge in [-0.05, 0) is 44.9 Å². The molecule has 2 N–H and O–H groups in total. The molecule has 1 aromatic carbocycles. The molecule has 0 saturated carbocycles. The first-order valence-electron chi connectivity index (χ1n) is 9.78. The summed E-state index contributed by atoms with van der Waals surface area (Å²) in [5.41, 5.74) is -1.19. The SMILES string of the molecule is CN=C(NCc1ccc(OC(C)(C)C)cc1C(F)(F)F)NC1CCc2ncnn2C1. The lowest BCUT2D eigenvalue weighted by molar-refractivity contribution is -0.138. The third-order valence-electron chi connectivity index (χ3n) is 4.63. The van der Waals surface area contributed by atoms with Gasteiger partial charge in [0.1, 0.15) is 23.5 Å². The number of aliphatic imine (C=N–C) groups is 1. The van der Waals surface area contributed by atoms with E-state index in [1.807, 2.05) is 4.68 Å². The van der Waals surface area contributed by atoms with E-state index in [1.165, 1.54) is 12.4 Å². The zero-order valence-electron chi connectivity index (χ0n) is 17.5. The van der Waals surface area contributed by atoms with Gasteiger partial charge in [0.15, 0.2) is 5.96 Å². The molecule has 1 aromatic heterocycles. The fourth-order valence-corrected chi connectivity index (χ4v) is 3.31. The van der Waals surface area contributed by atoms with E-state index in [2.05, 4.69) is 25.7 Å². The minimum Gasteiger partial charge on any atom is -0.488 e. The Morgan fingerprint density at radius 1 is 1.30 bits per heavy atom. The molecule has 0 saturated heterocycles. The van der Waals surface area contributed by atoms with Crippen LogP contribution in [-0.2, 0) is 25.7 Å². The number of nitrogens with one attached hydrogen (secondary N) is 2. The second-order valence-electron chi connectivity index (χ2n) is 8.20. The summed E-state index contributed by atoms with van der Waals surface area (Å²) in [6.07, 6.45) is -1.34. The van der Waals surface area contributed by atoms with Crippen LogP contribution >= 0.6 is 0 Å².